The van der Waals surface area contributed by atoms with Crippen LogP contribution in [0.4, 0.5) is 0 Å². The van der Waals surface area contributed by atoms with Gasteiger partial charge in [0.05, 0.1) is 19.2 Å². The first kappa shape index (κ1) is 18.4. The first-order chi connectivity index (χ1) is 11.2. The van der Waals surface area contributed by atoms with Crippen LogP contribution in [0.3, 0.4) is 0 Å². The summed E-state index contributed by atoms with van der Waals surface area (Å²) in [5.41, 5.74) is 2.10. The highest BCUT2D eigenvalue weighted by Gasteiger charge is 2.11. The Morgan fingerprint density at radius 1 is 1.17 bits per heavy atom. The second kappa shape index (κ2) is 8.22. The van der Waals surface area contributed by atoms with Gasteiger partial charge in [0.15, 0.2) is 11.5 Å². The number of rotatable bonds is 7. The van der Waals surface area contributed by atoms with Crippen molar-refractivity contribution < 1.29 is 9.47 Å². The SMILES string of the molecule is CCN(C)CCCOc1cc2[nH]c3ccncc3c2cc1OC.Cl. The van der Waals surface area contributed by atoms with E-state index in [-0.39, 0.29) is 12.4 Å². The van der Waals surface area contributed by atoms with Crippen molar-refractivity contribution in [3.63, 3.8) is 0 Å². The molecule has 5 nitrogen and oxygen atoms in total. The lowest BCUT2D eigenvalue weighted by molar-refractivity contribution is 0.258. The molecule has 0 amide bonds. The molecule has 3 rings (SSSR count). The molecule has 130 valence electrons. The third kappa shape index (κ3) is 3.74. The number of hydrogen-bond acceptors (Lipinski definition) is 4. The number of ether oxygens (including phenoxy) is 2. The summed E-state index contributed by atoms with van der Waals surface area (Å²) in [7, 11) is 3.79. The summed E-state index contributed by atoms with van der Waals surface area (Å²) in [6.07, 6.45) is 4.65. The molecule has 0 radical (unpaired) electrons. The number of pyridine rings is 1. The third-order valence-electron chi connectivity index (χ3n) is 4.17. The fourth-order valence-electron chi connectivity index (χ4n) is 2.70. The van der Waals surface area contributed by atoms with E-state index in [9.17, 15) is 0 Å². The summed E-state index contributed by atoms with van der Waals surface area (Å²) in [6.45, 7) is 4.91. The highest BCUT2D eigenvalue weighted by Crippen LogP contribution is 2.35. The fourth-order valence-corrected chi connectivity index (χ4v) is 2.70. The maximum atomic E-state index is 5.94. The zero-order valence-electron chi connectivity index (χ0n) is 14.3. The van der Waals surface area contributed by atoms with E-state index >= 15 is 0 Å². The van der Waals surface area contributed by atoms with Crippen LogP contribution in [-0.2, 0) is 0 Å². The second-order valence-corrected chi connectivity index (χ2v) is 5.69. The minimum atomic E-state index is 0. The highest BCUT2D eigenvalue weighted by molar-refractivity contribution is 6.07. The molecule has 0 aliphatic heterocycles. The number of aromatic amines is 1. The highest BCUT2D eigenvalue weighted by atomic mass is 35.5. The Kier molecular flexibility index (Phi) is 6.29. The second-order valence-electron chi connectivity index (χ2n) is 5.69. The summed E-state index contributed by atoms with van der Waals surface area (Å²) in [4.78, 5) is 9.88. The van der Waals surface area contributed by atoms with Crippen molar-refractivity contribution in [1.82, 2.24) is 14.9 Å². The molecule has 1 N–H and O–H groups in total. The van der Waals surface area contributed by atoms with Crippen LogP contribution in [0.15, 0.2) is 30.6 Å². The number of H-pyrrole nitrogens is 1. The molecule has 24 heavy (non-hydrogen) atoms. The van der Waals surface area contributed by atoms with Gasteiger partial charge >= 0.3 is 0 Å². The molecule has 0 spiro atoms. The van der Waals surface area contributed by atoms with Gasteiger partial charge in [0.1, 0.15) is 0 Å². The number of halogens is 1. The average molecular weight is 350 g/mol. The molecule has 0 saturated carbocycles. The molecule has 1 aromatic carbocycles. The van der Waals surface area contributed by atoms with Gasteiger partial charge in [-0.05, 0) is 32.1 Å². The molecular weight excluding hydrogens is 326 g/mol. The van der Waals surface area contributed by atoms with Gasteiger partial charge in [-0.15, -0.1) is 12.4 Å². The lowest BCUT2D eigenvalue weighted by atomic mass is 10.2. The molecule has 0 aliphatic carbocycles. The third-order valence-corrected chi connectivity index (χ3v) is 4.17. The van der Waals surface area contributed by atoms with Crippen molar-refractivity contribution in [2.45, 2.75) is 13.3 Å². The Bertz CT molecular complexity index is 803. The molecule has 0 unspecified atom stereocenters. The van der Waals surface area contributed by atoms with E-state index in [0.717, 1.165) is 52.8 Å². The van der Waals surface area contributed by atoms with Gasteiger partial charge in [0.2, 0.25) is 0 Å². The topological polar surface area (TPSA) is 50.4 Å². The van der Waals surface area contributed by atoms with Gasteiger partial charge in [0, 0.05) is 41.3 Å². The van der Waals surface area contributed by atoms with Gasteiger partial charge in [-0.2, -0.15) is 0 Å². The van der Waals surface area contributed by atoms with E-state index in [1.165, 1.54) is 0 Å². The molecule has 0 saturated heterocycles. The fraction of sp³-hybridized carbons (Fsp3) is 0.389. The number of nitrogens with one attached hydrogen (secondary N) is 1. The van der Waals surface area contributed by atoms with Crippen molar-refractivity contribution in [1.29, 1.82) is 0 Å². The van der Waals surface area contributed by atoms with Crippen molar-refractivity contribution in [3.8, 4) is 11.5 Å². The van der Waals surface area contributed by atoms with Crippen molar-refractivity contribution in [2.75, 3.05) is 33.9 Å². The van der Waals surface area contributed by atoms with Crippen LogP contribution in [0.5, 0.6) is 11.5 Å². The van der Waals surface area contributed by atoms with E-state index in [2.05, 4.69) is 28.8 Å². The number of fused-ring (bicyclic) bond motifs is 3. The van der Waals surface area contributed by atoms with E-state index in [0.29, 0.717) is 6.61 Å². The number of aromatic nitrogens is 2. The molecule has 0 aliphatic rings. The van der Waals surface area contributed by atoms with Crippen LogP contribution in [-0.4, -0.2) is 48.7 Å². The Hall–Kier alpha value is -1.98. The molecule has 6 heteroatoms. The molecule has 3 aromatic rings. The summed E-state index contributed by atoms with van der Waals surface area (Å²) in [6, 6.07) is 6.00. The Labute approximate surface area is 148 Å². The molecule has 0 bridgehead atoms. The summed E-state index contributed by atoms with van der Waals surface area (Å²) >= 11 is 0. The van der Waals surface area contributed by atoms with Crippen LogP contribution < -0.4 is 9.47 Å². The standard InChI is InChI=1S/C18H23N3O2.ClH/c1-4-21(2)8-5-9-23-18-11-16-13(10-17(18)22-3)14-12-19-7-6-15(14)20-16;/h6-7,10-12,20H,4-5,8-9H2,1-3H3;1H. The molecule has 0 atom stereocenters. The predicted molar refractivity (Wildman–Crippen MR) is 101 cm³/mol. The Morgan fingerprint density at radius 2 is 2.00 bits per heavy atom. The van der Waals surface area contributed by atoms with E-state index in [1.807, 2.05) is 24.4 Å². The van der Waals surface area contributed by atoms with Gasteiger partial charge < -0.3 is 19.4 Å². The van der Waals surface area contributed by atoms with Crippen molar-refractivity contribution >= 4 is 34.2 Å². The summed E-state index contributed by atoms with van der Waals surface area (Å²) in [5, 5.41) is 2.19. The zero-order chi connectivity index (χ0) is 16.2. The van der Waals surface area contributed by atoms with Gasteiger partial charge in [-0.3, -0.25) is 4.98 Å². The molecule has 2 aromatic heterocycles. The van der Waals surface area contributed by atoms with E-state index in [4.69, 9.17) is 9.47 Å². The average Bonchev–Trinajstić information content (AvgIpc) is 2.95. The van der Waals surface area contributed by atoms with E-state index < -0.39 is 0 Å². The van der Waals surface area contributed by atoms with Crippen LogP contribution in [0.1, 0.15) is 13.3 Å². The smallest absolute Gasteiger partial charge is 0.163 e. The minimum Gasteiger partial charge on any atom is -0.493 e. The first-order valence-corrected chi connectivity index (χ1v) is 7.97. The van der Waals surface area contributed by atoms with Crippen LogP contribution in [0, 0.1) is 0 Å². The number of hydrogen-bond donors (Lipinski definition) is 1. The number of methoxy groups -OCH3 is 1. The summed E-state index contributed by atoms with van der Waals surface area (Å²) in [5.74, 6) is 1.53. The maximum absolute atomic E-state index is 5.94. The Balaban J connectivity index is 0.00000208. The minimum absolute atomic E-state index is 0. The molecule has 2 heterocycles. The van der Waals surface area contributed by atoms with E-state index in [1.54, 1.807) is 13.3 Å². The molecular formula is C18H24ClN3O2. The Morgan fingerprint density at radius 3 is 2.75 bits per heavy atom. The zero-order valence-corrected chi connectivity index (χ0v) is 15.2. The monoisotopic (exact) mass is 349 g/mol. The van der Waals surface area contributed by atoms with Gasteiger partial charge in [0.25, 0.3) is 0 Å². The summed E-state index contributed by atoms with van der Waals surface area (Å²) < 4.78 is 11.4. The lowest BCUT2D eigenvalue weighted by Gasteiger charge is -2.15. The maximum Gasteiger partial charge on any atom is 0.163 e. The quantitative estimate of drug-likeness (QED) is 0.658. The number of benzene rings is 1. The van der Waals surface area contributed by atoms with Crippen molar-refractivity contribution in [2.24, 2.45) is 0 Å². The lowest BCUT2D eigenvalue weighted by Crippen LogP contribution is -2.20. The van der Waals surface area contributed by atoms with Crippen molar-refractivity contribution in [3.05, 3.63) is 30.6 Å². The van der Waals surface area contributed by atoms with Crippen LogP contribution in [0.25, 0.3) is 21.8 Å². The van der Waals surface area contributed by atoms with Crippen LogP contribution in [0.2, 0.25) is 0 Å². The predicted octanol–water partition coefficient (Wildman–Crippen LogP) is 3.87. The number of nitrogens with zero attached hydrogens (tertiary/aromatic N) is 2. The van der Waals surface area contributed by atoms with Gasteiger partial charge in [-0.1, -0.05) is 6.92 Å². The first-order valence-electron chi connectivity index (χ1n) is 7.97. The van der Waals surface area contributed by atoms with Gasteiger partial charge in [-0.25, -0.2) is 0 Å². The normalized spacial score (nSPS) is 11.0. The largest absolute Gasteiger partial charge is 0.493 e. The van der Waals surface area contributed by atoms with Crippen LogP contribution >= 0.6 is 12.4 Å². The molecule has 0 fully saturated rings.